The number of halogens is 1. The smallest absolute Gasteiger partial charge is 0.257 e. The fourth-order valence-electron chi connectivity index (χ4n) is 2.82. The van der Waals surface area contributed by atoms with Crippen LogP contribution in [0.3, 0.4) is 0 Å². The lowest BCUT2D eigenvalue weighted by atomic mass is 10.2. The fraction of sp³-hybridized carbons (Fsp3) is 0. The number of benzene rings is 3. The number of aromatic nitrogens is 1. The number of pyridine rings is 1. The van der Waals surface area contributed by atoms with E-state index in [-0.39, 0.29) is 5.69 Å². The molecule has 0 aliphatic heterocycles. The van der Waals surface area contributed by atoms with Crippen LogP contribution in [0.2, 0.25) is 0 Å². The number of carbonyl (C=O) groups is 1. The lowest BCUT2D eigenvalue weighted by Crippen LogP contribution is -2.13. The van der Waals surface area contributed by atoms with Gasteiger partial charge in [0.1, 0.15) is 11.6 Å². The van der Waals surface area contributed by atoms with E-state index in [1.165, 1.54) is 18.3 Å². The fourth-order valence-corrected chi connectivity index (χ4v) is 2.82. The number of para-hydroxylation sites is 4. The molecule has 1 amide bonds. The van der Waals surface area contributed by atoms with Crippen LogP contribution in [-0.2, 0) is 0 Å². The van der Waals surface area contributed by atoms with Gasteiger partial charge in [0.25, 0.3) is 5.91 Å². The number of ether oxygens (including phenoxy) is 1. The number of rotatable bonds is 6. The average molecular weight is 399 g/mol. The minimum atomic E-state index is -0.500. The summed E-state index contributed by atoms with van der Waals surface area (Å²) in [5.74, 6) is 0.387. The first-order valence-corrected chi connectivity index (χ1v) is 9.29. The molecule has 148 valence electrons. The molecule has 0 aliphatic carbocycles. The number of carbonyl (C=O) groups excluding carboxylic acids is 1. The Labute approximate surface area is 173 Å². The van der Waals surface area contributed by atoms with E-state index in [1.54, 1.807) is 24.4 Å². The molecule has 6 heteroatoms. The van der Waals surface area contributed by atoms with Gasteiger partial charge in [0.05, 0.1) is 28.8 Å². The Hall–Kier alpha value is -4.19. The molecule has 1 heterocycles. The van der Waals surface area contributed by atoms with Crippen molar-refractivity contribution in [1.29, 1.82) is 0 Å². The van der Waals surface area contributed by atoms with Crippen LogP contribution in [0.15, 0.2) is 97.3 Å². The molecule has 0 spiro atoms. The third-order valence-corrected chi connectivity index (χ3v) is 4.26. The van der Waals surface area contributed by atoms with Gasteiger partial charge in [0.2, 0.25) is 0 Å². The highest BCUT2D eigenvalue weighted by molar-refractivity contribution is 6.04. The van der Waals surface area contributed by atoms with Gasteiger partial charge in [0, 0.05) is 6.20 Å². The lowest BCUT2D eigenvalue weighted by molar-refractivity contribution is 0.102. The number of nitrogens with one attached hydrogen (secondary N) is 2. The summed E-state index contributed by atoms with van der Waals surface area (Å²) in [6.07, 6.45) is 3.02. The Balaban J connectivity index is 1.53. The summed E-state index contributed by atoms with van der Waals surface area (Å²) in [6, 6.07) is 24.5. The van der Waals surface area contributed by atoms with Gasteiger partial charge in [-0.05, 0) is 42.5 Å². The summed E-state index contributed by atoms with van der Waals surface area (Å²) in [6.45, 7) is 0. The summed E-state index contributed by atoms with van der Waals surface area (Å²) in [5, 5.41) is 5.78. The minimum absolute atomic E-state index is 0.113. The monoisotopic (exact) mass is 399 g/mol. The maximum Gasteiger partial charge on any atom is 0.257 e. The van der Waals surface area contributed by atoms with Crippen LogP contribution in [0.1, 0.15) is 10.4 Å². The predicted octanol–water partition coefficient (Wildman–Crippen LogP) is 6.01. The highest BCUT2D eigenvalue weighted by atomic mass is 19.1. The van der Waals surface area contributed by atoms with Crippen LogP contribution >= 0.6 is 0 Å². The zero-order chi connectivity index (χ0) is 20.8. The second-order valence-electron chi connectivity index (χ2n) is 6.43. The molecule has 0 radical (unpaired) electrons. The lowest BCUT2D eigenvalue weighted by Gasteiger charge is -2.13. The second-order valence-corrected chi connectivity index (χ2v) is 6.43. The van der Waals surface area contributed by atoms with Crippen LogP contribution in [-0.4, -0.2) is 10.9 Å². The van der Waals surface area contributed by atoms with Gasteiger partial charge in [0.15, 0.2) is 5.75 Å². The SMILES string of the molecule is O=C(Nc1ccccc1F)c1cncc(Nc2ccccc2Oc2ccccc2)c1. The van der Waals surface area contributed by atoms with Crippen LogP contribution in [0, 0.1) is 5.82 Å². The highest BCUT2D eigenvalue weighted by Gasteiger charge is 2.11. The van der Waals surface area contributed by atoms with Gasteiger partial charge in [-0.15, -0.1) is 0 Å². The third-order valence-electron chi connectivity index (χ3n) is 4.26. The van der Waals surface area contributed by atoms with Crippen molar-refractivity contribution in [1.82, 2.24) is 4.98 Å². The Morgan fingerprint density at radius 3 is 2.33 bits per heavy atom. The van der Waals surface area contributed by atoms with Gasteiger partial charge >= 0.3 is 0 Å². The summed E-state index contributed by atoms with van der Waals surface area (Å²) < 4.78 is 19.7. The highest BCUT2D eigenvalue weighted by Crippen LogP contribution is 2.31. The van der Waals surface area contributed by atoms with E-state index in [2.05, 4.69) is 15.6 Å². The quantitative estimate of drug-likeness (QED) is 0.417. The number of nitrogens with zero attached hydrogens (tertiary/aromatic N) is 1. The summed E-state index contributed by atoms with van der Waals surface area (Å²) in [4.78, 5) is 16.6. The molecule has 30 heavy (non-hydrogen) atoms. The van der Waals surface area contributed by atoms with Crippen molar-refractivity contribution >= 4 is 23.0 Å². The van der Waals surface area contributed by atoms with Crippen molar-refractivity contribution in [2.24, 2.45) is 0 Å². The van der Waals surface area contributed by atoms with E-state index in [9.17, 15) is 9.18 Å². The Kier molecular flexibility index (Phi) is 5.66. The number of hydrogen-bond acceptors (Lipinski definition) is 4. The molecule has 4 rings (SSSR count). The van der Waals surface area contributed by atoms with Crippen LogP contribution < -0.4 is 15.4 Å². The molecule has 4 aromatic rings. The average Bonchev–Trinajstić information content (AvgIpc) is 2.78. The first-order valence-electron chi connectivity index (χ1n) is 9.29. The van der Waals surface area contributed by atoms with Crippen LogP contribution in [0.25, 0.3) is 0 Å². The summed E-state index contributed by atoms with van der Waals surface area (Å²) in [7, 11) is 0. The van der Waals surface area contributed by atoms with E-state index in [1.807, 2.05) is 54.6 Å². The molecule has 0 bridgehead atoms. The number of amides is 1. The molecule has 2 N–H and O–H groups in total. The van der Waals surface area contributed by atoms with E-state index >= 15 is 0 Å². The Morgan fingerprint density at radius 2 is 1.53 bits per heavy atom. The van der Waals surface area contributed by atoms with Crippen LogP contribution in [0.5, 0.6) is 11.5 Å². The number of hydrogen-bond donors (Lipinski definition) is 2. The summed E-state index contributed by atoms with van der Waals surface area (Å²) >= 11 is 0. The van der Waals surface area contributed by atoms with E-state index in [0.717, 1.165) is 5.69 Å². The Morgan fingerprint density at radius 1 is 0.833 bits per heavy atom. The van der Waals surface area contributed by atoms with Crippen molar-refractivity contribution in [3.05, 3.63) is 109 Å². The van der Waals surface area contributed by atoms with Gasteiger partial charge in [-0.1, -0.05) is 42.5 Å². The molecule has 0 saturated carbocycles. The van der Waals surface area contributed by atoms with Gasteiger partial charge in [-0.2, -0.15) is 0 Å². The largest absolute Gasteiger partial charge is 0.455 e. The molecule has 0 unspecified atom stereocenters. The van der Waals surface area contributed by atoms with Gasteiger partial charge < -0.3 is 15.4 Å². The standard InChI is InChI=1S/C24H18FN3O2/c25-20-10-4-5-11-21(20)28-24(29)17-14-18(16-26-15-17)27-22-12-6-7-13-23(22)30-19-8-2-1-3-9-19/h1-16,27H,(H,28,29). The molecular weight excluding hydrogens is 381 g/mol. The van der Waals surface area contributed by atoms with Crippen molar-refractivity contribution < 1.29 is 13.9 Å². The molecule has 0 saturated heterocycles. The zero-order valence-corrected chi connectivity index (χ0v) is 15.9. The van der Waals surface area contributed by atoms with Crippen molar-refractivity contribution in [2.75, 3.05) is 10.6 Å². The van der Waals surface area contributed by atoms with E-state index < -0.39 is 11.7 Å². The maximum absolute atomic E-state index is 13.8. The normalized spacial score (nSPS) is 10.3. The Bertz CT molecular complexity index is 1170. The number of anilines is 3. The molecule has 3 aromatic carbocycles. The topological polar surface area (TPSA) is 63.2 Å². The molecular formula is C24H18FN3O2. The van der Waals surface area contributed by atoms with Crippen LogP contribution in [0.4, 0.5) is 21.5 Å². The molecule has 0 aliphatic rings. The maximum atomic E-state index is 13.8. The van der Waals surface area contributed by atoms with Crippen molar-refractivity contribution in [3.63, 3.8) is 0 Å². The van der Waals surface area contributed by atoms with Gasteiger partial charge in [-0.3, -0.25) is 9.78 Å². The zero-order valence-electron chi connectivity index (χ0n) is 15.9. The van der Waals surface area contributed by atoms with Crippen molar-refractivity contribution in [2.45, 2.75) is 0 Å². The minimum Gasteiger partial charge on any atom is -0.455 e. The van der Waals surface area contributed by atoms with E-state index in [0.29, 0.717) is 22.7 Å². The predicted molar refractivity (Wildman–Crippen MR) is 115 cm³/mol. The molecule has 0 atom stereocenters. The summed E-state index contributed by atoms with van der Waals surface area (Å²) in [5.41, 5.74) is 1.72. The third kappa shape index (κ3) is 4.62. The molecule has 0 fully saturated rings. The first kappa shape index (κ1) is 19.1. The van der Waals surface area contributed by atoms with Gasteiger partial charge in [-0.25, -0.2) is 4.39 Å². The van der Waals surface area contributed by atoms with E-state index in [4.69, 9.17) is 4.74 Å². The second kappa shape index (κ2) is 8.87. The van der Waals surface area contributed by atoms with Crippen molar-refractivity contribution in [3.8, 4) is 11.5 Å². The molecule has 1 aromatic heterocycles. The first-order chi connectivity index (χ1) is 14.7. The molecule has 5 nitrogen and oxygen atoms in total.